The summed E-state index contributed by atoms with van der Waals surface area (Å²) in [7, 11) is 3.46. The lowest BCUT2D eigenvalue weighted by atomic mass is 9.65. The predicted octanol–water partition coefficient (Wildman–Crippen LogP) is 3.57. The fraction of sp³-hybridized carbons (Fsp3) is 0.611. The van der Waals surface area contributed by atoms with Gasteiger partial charge in [-0.2, -0.15) is 0 Å². The summed E-state index contributed by atoms with van der Waals surface area (Å²) in [6.07, 6.45) is 5.38. The molecule has 0 heterocycles. The van der Waals surface area contributed by atoms with Gasteiger partial charge >= 0.3 is 0 Å². The smallest absolute Gasteiger partial charge is 0.140 e. The number of para-hydroxylation sites is 1. The Morgan fingerprint density at radius 3 is 2.62 bits per heavy atom. The van der Waals surface area contributed by atoms with E-state index in [0.717, 1.165) is 30.6 Å². The standard InChI is InChI=1S/C18H24O3/c1-20-14-8-7-12-10-16(17(19)11-13(12)9-14)15-5-3-4-6-18(15)21-2/h3-6,12-14,16H,7-11H2,1-2H3. The number of benzene rings is 1. The number of Topliss-reactive ketones (excluding diaryl/α,β-unsaturated/α-hetero) is 1. The first-order chi connectivity index (χ1) is 10.2. The Labute approximate surface area is 126 Å². The van der Waals surface area contributed by atoms with Gasteiger partial charge in [0.15, 0.2) is 0 Å². The molecule has 0 saturated heterocycles. The van der Waals surface area contributed by atoms with Crippen LogP contribution in [0.15, 0.2) is 24.3 Å². The van der Waals surface area contributed by atoms with Crippen molar-refractivity contribution in [2.45, 2.75) is 44.1 Å². The molecule has 3 heteroatoms. The minimum atomic E-state index is 0.0153. The maximum absolute atomic E-state index is 12.6. The van der Waals surface area contributed by atoms with Crippen LogP contribution in [0.1, 0.15) is 43.6 Å². The highest BCUT2D eigenvalue weighted by Gasteiger charge is 2.40. The number of ketones is 1. The van der Waals surface area contributed by atoms with Gasteiger partial charge in [-0.3, -0.25) is 4.79 Å². The Hall–Kier alpha value is -1.35. The van der Waals surface area contributed by atoms with Crippen LogP contribution in [0, 0.1) is 11.8 Å². The van der Waals surface area contributed by atoms with Crippen molar-refractivity contribution >= 4 is 5.78 Å². The predicted molar refractivity (Wildman–Crippen MR) is 81.6 cm³/mol. The van der Waals surface area contributed by atoms with Crippen molar-refractivity contribution < 1.29 is 14.3 Å². The molecule has 2 aliphatic carbocycles. The molecule has 1 aromatic carbocycles. The Balaban J connectivity index is 1.79. The molecule has 1 aromatic rings. The van der Waals surface area contributed by atoms with Crippen LogP contribution in [0.4, 0.5) is 0 Å². The Bertz CT molecular complexity index is 511. The van der Waals surface area contributed by atoms with Crippen molar-refractivity contribution in [2.24, 2.45) is 11.8 Å². The third-order valence-corrected chi connectivity index (χ3v) is 5.33. The molecule has 2 saturated carbocycles. The zero-order valence-electron chi connectivity index (χ0n) is 12.9. The van der Waals surface area contributed by atoms with Crippen molar-refractivity contribution in [3.63, 3.8) is 0 Å². The average molecular weight is 288 g/mol. The molecule has 4 atom stereocenters. The lowest BCUT2D eigenvalue weighted by Crippen LogP contribution is -2.37. The number of hydrogen-bond acceptors (Lipinski definition) is 3. The van der Waals surface area contributed by atoms with Gasteiger partial charge in [0.2, 0.25) is 0 Å². The van der Waals surface area contributed by atoms with Crippen molar-refractivity contribution in [2.75, 3.05) is 14.2 Å². The normalized spacial score (nSPS) is 32.6. The van der Waals surface area contributed by atoms with E-state index in [0.29, 0.717) is 30.1 Å². The van der Waals surface area contributed by atoms with Gasteiger partial charge in [0, 0.05) is 25.0 Å². The SMILES string of the molecule is COc1ccccc1C1CC2CCC(OC)CC2CC1=O. The highest BCUT2D eigenvalue weighted by Crippen LogP contribution is 2.46. The fourth-order valence-corrected chi connectivity index (χ4v) is 4.15. The quantitative estimate of drug-likeness (QED) is 0.853. The van der Waals surface area contributed by atoms with Crippen LogP contribution in [-0.4, -0.2) is 26.1 Å². The van der Waals surface area contributed by atoms with Gasteiger partial charge in [0.05, 0.1) is 13.2 Å². The second-order valence-corrected chi connectivity index (χ2v) is 6.39. The molecule has 114 valence electrons. The molecule has 0 aliphatic heterocycles. The summed E-state index contributed by atoms with van der Waals surface area (Å²) < 4.78 is 10.9. The Morgan fingerprint density at radius 2 is 1.86 bits per heavy atom. The summed E-state index contributed by atoms with van der Waals surface area (Å²) in [5.74, 6) is 2.41. The van der Waals surface area contributed by atoms with Gasteiger partial charge in [-0.1, -0.05) is 18.2 Å². The van der Waals surface area contributed by atoms with Crippen molar-refractivity contribution in [1.29, 1.82) is 0 Å². The maximum atomic E-state index is 12.6. The average Bonchev–Trinajstić information content (AvgIpc) is 2.53. The van der Waals surface area contributed by atoms with Crippen molar-refractivity contribution in [3.8, 4) is 5.75 Å². The van der Waals surface area contributed by atoms with E-state index in [1.165, 1.54) is 6.42 Å². The van der Waals surface area contributed by atoms with E-state index in [-0.39, 0.29) is 5.92 Å². The molecule has 3 rings (SSSR count). The van der Waals surface area contributed by atoms with Crippen LogP contribution in [0.3, 0.4) is 0 Å². The first kappa shape index (κ1) is 14.6. The highest BCUT2D eigenvalue weighted by molar-refractivity contribution is 5.87. The molecule has 4 unspecified atom stereocenters. The molecule has 0 bridgehead atoms. The lowest BCUT2D eigenvalue weighted by Gasteiger charge is -2.41. The van der Waals surface area contributed by atoms with Crippen LogP contribution in [-0.2, 0) is 9.53 Å². The first-order valence-electron chi connectivity index (χ1n) is 7.91. The third-order valence-electron chi connectivity index (χ3n) is 5.33. The molecule has 2 fully saturated rings. The second kappa shape index (κ2) is 6.18. The van der Waals surface area contributed by atoms with Crippen molar-refractivity contribution in [1.82, 2.24) is 0 Å². The summed E-state index contributed by atoms with van der Waals surface area (Å²) >= 11 is 0. The molecule has 0 N–H and O–H groups in total. The number of carbonyl (C=O) groups excluding carboxylic acids is 1. The van der Waals surface area contributed by atoms with E-state index in [9.17, 15) is 4.79 Å². The molecule has 2 aliphatic rings. The largest absolute Gasteiger partial charge is 0.496 e. The molecular formula is C18H24O3. The number of ether oxygens (including phenoxy) is 2. The summed E-state index contributed by atoms with van der Waals surface area (Å²) in [5, 5.41) is 0. The third kappa shape index (κ3) is 2.84. The highest BCUT2D eigenvalue weighted by atomic mass is 16.5. The molecular weight excluding hydrogens is 264 g/mol. The van der Waals surface area contributed by atoms with Gasteiger partial charge in [-0.15, -0.1) is 0 Å². The van der Waals surface area contributed by atoms with Crippen LogP contribution in [0.2, 0.25) is 0 Å². The summed E-state index contributed by atoms with van der Waals surface area (Å²) in [6.45, 7) is 0. The first-order valence-corrected chi connectivity index (χ1v) is 7.91. The van der Waals surface area contributed by atoms with Gasteiger partial charge in [-0.25, -0.2) is 0 Å². The van der Waals surface area contributed by atoms with Gasteiger partial charge in [0.1, 0.15) is 11.5 Å². The molecule has 0 amide bonds. The summed E-state index contributed by atoms with van der Waals surface area (Å²) in [5.41, 5.74) is 1.07. The van der Waals surface area contributed by atoms with Gasteiger partial charge < -0.3 is 9.47 Å². The number of rotatable bonds is 3. The van der Waals surface area contributed by atoms with Gasteiger partial charge in [-0.05, 0) is 43.6 Å². The van der Waals surface area contributed by atoms with Crippen LogP contribution in [0.25, 0.3) is 0 Å². The molecule has 3 nitrogen and oxygen atoms in total. The monoisotopic (exact) mass is 288 g/mol. The van der Waals surface area contributed by atoms with E-state index in [1.807, 2.05) is 24.3 Å². The van der Waals surface area contributed by atoms with Crippen LogP contribution >= 0.6 is 0 Å². The van der Waals surface area contributed by atoms with E-state index in [2.05, 4.69) is 0 Å². The topological polar surface area (TPSA) is 35.5 Å². The van der Waals surface area contributed by atoms with Gasteiger partial charge in [0.25, 0.3) is 0 Å². The zero-order chi connectivity index (χ0) is 14.8. The minimum Gasteiger partial charge on any atom is -0.496 e. The van der Waals surface area contributed by atoms with E-state index in [1.54, 1.807) is 14.2 Å². The lowest BCUT2D eigenvalue weighted by molar-refractivity contribution is -0.126. The second-order valence-electron chi connectivity index (χ2n) is 6.39. The molecule has 0 radical (unpaired) electrons. The Morgan fingerprint density at radius 1 is 1.05 bits per heavy atom. The molecule has 21 heavy (non-hydrogen) atoms. The summed E-state index contributed by atoms with van der Waals surface area (Å²) in [6, 6.07) is 7.96. The maximum Gasteiger partial charge on any atom is 0.140 e. The zero-order valence-corrected chi connectivity index (χ0v) is 12.9. The number of fused-ring (bicyclic) bond motifs is 1. The van der Waals surface area contributed by atoms with E-state index < -0.39 is 0 Å². The van der Waals surface area contributed by atoms with Crippen molar-refractivity contribution in [3.05, 3.63) is 29.8 Å². The van der Waals surface area contributed by atoms with E-state index in [4.69, 9.17) is 9.47 Å². The summed E-state index contributed by atoms with van der Waals surface area (Å²) in [4.78, 5) is 12.6. The fourth-order valence-electron chi connectivity index (χ4n) is 4.15. The number of carbonyl (C=O) groups is 1. The van der Waals surface area contributed by atoms with E-state index >= 15 is 0 Å². The minimum absolute atomic E-state index is 0.0153. The number of methoxy groups -OCH3 is 2. The Kier molecular flexibility index (Phi) is 4.29. The molecule has 0 aromatic heterocycles. The van der Waals surface area contributed by atoms with Crippen LogP contribution < -0.4 is 4.74 Å². The van der Waals surface area contributed by atoms with Crippen LogP contribution in [0.5, 0.6) is 5.75 Å². The number of hydrogen-bond donors (Lipinski definition) is 0. The molecule has 0 spiro atoms.